The van der Waals surface area contributed by atoms with Crippen molar-refractivity contribution in [3.63, 3.8) is 0 Å². The molecule has 1 heterocycles. The van der Waals surface area contributed by atoms with E-state index in [-0.39, 0.29) is 16.8 Å². The van der Waals surface area contributed by atoms with Crippen molar-refractivity contribution in [1.82, 2.24) is 20.0 Å². The lowest BCUT2D eigenvalue weighted by atomic mass is 10.1. The zero-order chi connectivity index (χ0) is 21.9. The van der Waals surface area contributed by atoms with Gasteiger partial charge in [-0.25, -0.2) is 18.1 Å². The van der Waals surface area contributed by atoms with Gasteiger partial charge in [-0.15, -0.1) is 0 Å². The zero-order valence-electron chi connectivity index (χ0n) is 17.5. The Kier molecular flexibility index (Phi) is 6.38. The highest BCUT2D eigenvalue weighted by Crippen LogP contribution is 2.23. The molecule has 30 heavy (non-hydrogen) atoms. The third-order valence-corrected chi connectivity index (χ3v) is 6.70. The second kappa shape index (κ2) is 8.81. The lowest BCUT2D eigenvalue weighted by molar-refractivity contribution is 0.0933. The second-order valence-electron chi connectivity index (χ2n) is 7.11. The molecule has 3 N–H and O–H groups in total. The number of carbonyl (C=O) groups excluding carboxylic acids is 1. The summed E-state index contributed by atoms with van der Waals surface area (Å²) >= 11 is 0. The van der Waals surface area contributed by atoms with Gasteiger partial charge in [0.25, 0.3) is 5.91 Å². The minimum atomic E-state index is -3.67. The zero-order valence-corrected chi connectivity index (χ0v) is 18.3. The van der Waals surface area contributed by atoms with Gasteiger partial charge in [-0.05, 0) is 56.1 Å². The molecule has 2 aromatic carbocycles. The van der Waals surface area contributed by atoms with Gasteiger partial charge in [0.15, 0.2) is 0 Å². The minimum absolute atomic E-state index is 0.104. The molecule has 158 valence electrons. The van der Waals surface area contributed by atoms with Gasteiger partial charge >= 0.3 is 0 Å². The number of rotatable bonds is 7. The van der Waals surface area contributed by atoms with Crippen LogP contribution in [0.4, 0.5) is 0 Å². The molecule has 1 atom stereocenters. The number of imidazole rings is 1. The third kappa shape index (κ3) is 4.44. The van der Waals surface area contributed by atoms with Gasteiger partial charge < -0.3 is 10.3 Å². The fourth-order valence-electron chi connectivity index (χ4n) is 3.23. The van der Waals surface area contributed by atoms with Crippen LogP contribution in [0.1, 0.15) is 46.7 Å². The van der Waals surface area contributed by atoms with E-state index in [0.29, 0.717) is 23.4 Å². The molecule has 7 nitrogen and oxygen atoms in total. The smallest absolute Gasteiger partial charge is 0.251 e. The molecule has 8 heteroatoms. The van der Waals surface area contributed by atoms with E-state index in [9.17, 15) is 13.2 Å². The molecule has 0 radical (unpaired) electrons. The minimum Gasteiger partial charge on any atom is -0.342 e. The Bertz CT molecular complexity index is 1150. The van der Waals surface area contributed by atoms with Crippen LogP contribution < -0.4 is 10.0 Å². The summed E-state index contributed by atoms with van der Waals surface area (Å²) in [7, 11) is -2.32. The Hall–Kier alpha value is -2.97. The molecule has 0 saturated carbocycles. The number of hydrogen-bond acceptors (Lipinski definition) is 4. The quantitative estimate of drug-likeness (QED) is 0.538. The van der Waals surface area contributed by atoms with Gasteiger partial charge in [-0.1, -0.05) is 37.3 Å². The van der Waals surface area contributed by atoms with Gasteiger partial charge in [0, 0.05) is 5.56 Å². The maximum absolute atomic E-state index is 12.9. The fraction of sp³-hybridized carbons (Fsp3) is 0.273. The van der Waals surface area contributed by atoms with Gasteiger partial charge in [0.05, 0.1) is 22.8 Å². The summed E-state index contributed by atoms with van der Waals surface area (Å²) < 4.78 is 27.0. The predicted octanol–water partition coefficient (Wildman–Crippen LogP) is 3.48. The van der Waals surface area contributed by atoms with Crippen LogP contribution in [0.15, 0.2) is 53.6 Å². The molecule has 0 aliphatic rings. The van der Waals surface area contributed by atoms with Crippen LogP contribution in [0.5, 0.6) is 0 Å². The lowest BCUT2D eigenvalue weighted by Crippen LogP contribution is -2.29. The first-order chi connectivity index (χ1) is 14.3. The van der Waals surface area contributed by atoms with Gasteiger partial charge in [0.1, 0.15) is 5.82 Å². The highest BCUT2D eigenvalue weighted by Gasteiger charge is 2.22. The number of sulfonamides is 1. The summed E-state index contributed by atoms with van der Waals surface area (Å²) in [4.78, 5) is 20.7. The first-order valence-electron chi connectivity index (χ1n) is 9.72. The lowest BCUT2D eigenvalue weighted by Gasteiger charge is -2.17. The van der Waals surface area contributed by atoms with Crippen molar-refractivity contribution in [3.05, 3.63) is 71.2 Å². The molecule has 0 aliphatic carbocycles. The van der Waals surface area contributed by atoms with E-state index in [2.05, 4.69) is 20.0 Å². The fourth-order valence-corrected chi connectivity index (χ4v) is 4.30. The molecule has 0 saturated heterocycles. The van der Waals surface area contributed by atoms with Crippen LogP contribution in [0, 0.1) is 13.8 Å². The van der Waals surface area contributed by atoms with Crippen LogP contribution in [-0.4, -0.2) is 31.3 Å². The van der Waals surface area contributed by atoms with Crippen molar-refractivity contribution >= 4 is 15.9 Å². The number of carbonyl (C=O) groups is 1. The SMILES string of the molecule is CCC(NC(=O)c1cc(C)c(C)c(S(=O)(=O)NC)c1)c1ncc(-c2ccccc2)[nH]1. The summed E-state index contributed by atoms with van der Waals surface area (Å²) in [6.45, 7) is 5.47. The Morgan fingerprint density at radius 2 is 1.87 bits per heavy atom. The predicted molar refractivity (Wildman–Crippen MR) is 117 cm³/mol. The molecule has 0 fully saturated rings. The highest BCUT2D eigenvalue weighted by molar-refractivity contribution is 7.89. The number of hydrogen-bond donors (Lipinski definition) is 3. The van der Waals surface area contributed by atoms with Crippen molar-refractivity contribution in [3.8, 4) is 11.3 Å². The normalized spacial score (nSPS) is 12.5. The van der Waals surface area contributed by atoms with Gasteiger partial charge in [-0.2, -0.15) is 0 Å². The van der Waals surface area contributed by atoms with Crippen molar-refractivity contribution < 1.29 is 13.2 Å². The molecule has 0 bridgehead atoms. The Labute approximate surface area is 177 Å². The number of aromatic amines is 1. The summed E-state index contributed by atoms with van der Waals surface area (Å²) in [6, 6.07) is 12.6. The van der Waals surface area contributed by atoms with Crippen LogP contribution in [-0.2, 0) is 10.0 Å². The van der Waals surface area contributed by atoms with E-state index in [0.717, 1.165) is 16.8 Å². The Balaban J connectivity index is 1.87. The van der Waals surface area contributed by atoms with E-state index >= 15 is 0 Å². The molecular formula is C22H26N4O3S. The van der Waals surface area contributed by atoms with Crippen molar-refractivity contribution in [2.75, 3.05) is 7.05 Å². The van der Waals surface area contributed by atoms with Crippen LogP contribution in [0.2, 0.25) is 0 Å². The second-order valence-corrected chi connectivity index (χ2v) is 8.96. The van der Waals surface area contributed by atoms with Crippen LogP contribution in [0.25, 0.3) is 11.3 Å². The van der Waals surface area contributed by atoms with E-state index in [4.69, 9.17) is 0 Å². The average Bonchev–Trinajstić information content (AvgIpc) is 3.24. The summed E-state index contributed by atoms with van der Waals surface area (Å²) in [5.74, 6) is 0.298. The van der Waals surface area contributed by atoms with Crippen molar-refractivity contribution in [2.45, 2.75) is 38.1 Å². The summed E-state index contributed by atoms with van der Waals surface area (Å²) in [5.41, 5.74) is 3.51. The molecule has 1 aromatic heterocycles. The first-order valence-corrected chi connectivity index (χ1v) is 11.2. The number of nitrogens with one attached hydrogen (secondary N) is 3. The molecular weight excluding hydrogens is 400 g/mol. The number of aromatic nitrogens is 2. The van der Waals surface area contributed by atoms with Gasteiger partial charge in [0.2, 0.25) is 10.0 Å². The topological polar surface area (TPSA) is 104 Å². The highest BCUT2D eigenvalue weighted by atomic mass is 32.2. The number of nitrogens with zero attached hydrogens (tertiary/aromatic N) is 1. The number of amides is 1. The number of aryl methyl sites for hydroxylation is 1. The molecule has 3 aromatic rings. The number of H-pyrrole nitrogens is 1. The molecule has 0 aliphatic heterocycles. The monoisotopic (exact) mass is 426 g/mol. The van der Waals surface area contributed by atoms with Gasteiger partial charge in [-0.3, -0.25) is 4.79 Å². The van der Waals surface area contributed by atoms with Crippen molar-refractivity contribution in [1.29, 1.82) is 0 Å². The van der Waals surface area contributed by atoms with Crippen LogP contribution >= 0.6 is 0 Å². The first kappa shape index (κ1) is 21.7. The molecule has 1 amide bonds. The van der Waals surface area contributed by atoms with Crippen LogP contribution in [0.3, 0.4) is 0 Å². The van der Waals surface area contributed by atoms with E-state index in [1.165, 1.54) is 13.1 Å². The molecule has 0 spiro atoms. The maximum atomic E-state index is 12.9. The van der Waals surface area contributed by atoms with E-state index in [1.807, 2.05) is 37.3 Å². The molecule has 1 unspecified atom stereocenters. The Morgan fingerprint density at radius 1 is 1.17 bits per heavy atom. The maximum Gasteiger partial charge on any atom is 0.251 e. The Morgan fingerprint density at radius 3 is 2.50 bits per heavy atom. The summed E-state index contributed by atoms with van der Waals surface area (Å²) in [6.07, 6.45) is 2.37. The third-order valence-electron chi connectivity index (χ3n) is 5.16. The largest absolute Gasteiger partial charge is 0.342 e. The number of benzene rings is 2. The van der Waals surface area contributed by atoms with Crippen molar-refractivity contribution in [2.24, 2.45) is 0 Å². The van der Waals surface area contributed by atoms with E-state index in [1.54, 1.807) is 26.1 Å². The summed E-state index contributed by atoms with van der Waals surface area (Å²) in [5, 5.41) is 2.96. The van der Waals surface area contributed by atoms with E-state index < -0.39 is 10.0 Å². The molecule has 3 rings (SSSR count). The average molecular weight is 427 g/mol. The standard InChI is InChI=1S/C22H26N4O3S/c1-5-18(21-24-13-19(25-21)16-9-7-6-8-10-16)26-22(27)17-11-14(2)15(3)20(12-17)30(28,29)23-4/h6-13,18,23H,5H2,1-4H3,(H,24,25)(H,26,27).